The highest BCUT2D eigenvalue weighted by atomic mass is 32.1. The van der Waals surface area contributed by atoms with Crippen LogP contribution in [0.5, 0.6) is 0 Å². The molecule has 0 saturated heterocycles. The molecular weight excluding hydrogens is 152 g/mol. The van der Waals surface area contributed by atoms with E-state index in [-0.39, 0.29) is 0 Å². The Hall–Kier alpha value is -0.740. The van der Waals surface area contributed by atoms with Crippen molar-refractivity contribution in [1.82, 2.24) is 0 Å². The number of thiophene rings is 1. The third-order valence-electron chi connectivity index (χ3n) is 1.42. The smallest absolute Gasteiger partial charge is 0.0129 e. The van der Waals surface area contributed by atoms with Crippen LogP contribution in [0.4, 0.5) is 0 Å². The van der Waals surface area contributed by atoms with Gasteiger partial charge in [-0.3, -0.25) is 0 Å². The van der Waals surface area contributed by atoms with Crippen molar-refractivity contribution in [3.8, 4) is 11.8 Å². The molecule has 0 aliphatic rings. The van der Waals surface area contributed by atoms with E-state index in [1.165, 1.54) is 5.56 Å². The molecule has 0 saturated carbocycles. The molecule has 58 valence electrons. The van der Waals surface area contributed by atoms with Crippen LogP contribution in [-0.2, 0) is 6.42 Å². The molecule has 0 N–H and O–H groups in total. The van der Waals surface area contributed by atoms with Gasteiger partial charge in [0.25, 0.3) is 0 Å². The predicted molar refractivity (Wildman–Crippen MR) is 50.7 cm³/mol. The zero-order chi connectivity index (χ0) is 7.94. The molecule has 1 rings (SSSR count). The second kappa shape index (κ2) is 4.98. The minimum absolute atomic E-state index is 0.976. The van der Waals surface area contributed by atoms with Gasteiger partial charge < -0.3 is 0 Å². The van der Waals surface area contributed by atoms with Crippen molar-refractivity contribution >= 4 is 11.3 Å². The molecule has 0 radical (unpaired) electrons. The van der Waals surface area contributed by atoms with E-state index in [9.17, 15) is 0 Å². The lowest BCUT2D eigenvalue weighted by molar-refractivity contribution is 1.03. The van der Waals surface area contributed by atoms with Crippen LogP contribution in [0.2, 0.25) is 0 Å². The highest BCUT2D eigenvalue weighted by molar-refractivity contribution is 7.07. The minimum Gasteiger partial charge on any atom is -0.152 e. The summed E-state index contributed by atoms with van der Waals surface area (Å²) in [7, 11) is 0. The highest BCUT2D eigenvalue weighted by Gasteiger charge is 1.88. The van der Waals surface area contributed by atoms with Gasteiger partial charge in [0.1, 0.15) is 0 Å². The average Bonchev–Trinajstić information content (AvgIpc) is 2.50. The molecule has 1 heteroatoms. The highest BCUT2D eigenvalue weighted by Crippen LogP contribution is 2.07. The number of hydrogen-bond acceptors (Lipinski definition) is 1. The summed E-state index contributed by atoms with van der Waals surface area (Å²) >= 11 is 1.76. The second-order valence-corrected chi connectivity index (χ2v) is 3.12. The number of hydrogen-bond donors (Lipinski definition) is 0. The predicted octanol–water partition coefficient (Wildman–Crippen LogP) is 3.09. The summed E-state index contributed by atoms with van der Waals surface area (Å²) in [5.74, 6) is 6.19. The fourth-order valence-corrected chi connectivity index (χ4v) is 1.56. The van der Waals surface area contributed by atoms with Crippen LogP contribution in [0.25, 0.3) is 0 Å². The molecule has 0 fully saturated rings. The standard InChI is InChI=1S/C10H12S/c1-2-3-4-5-6-10-7-8-11-9-10/h7-9H,2,5-6H2,1H3. The van der Waals surface area contributed by atoms with Crippen LogP contribution < -0.4 is 0 Å². The fourth-order valence-electron chi connectivity index (χ4n) is 0.855. The van der Waals surface area contributed by atoms with Gasteiger partial charge in [0, 0.05) is 12.8 Å². The normalized spacial score (nSPS) is 8.82. The zero-order valence-electron chi connectivity index (χ0n) is 6.76. The van der Waals surface area contributed by atoms with Gasteiger partial charge in [-0.1, -0.05) is 6.92 Å². The molecule has 0 amide bonds. The van der Waals surface area contributed by atoms with E-state index in [1.807, 2.05) is 0 Å². The largest absolute Gasteiger partial charge is 0.152 e. The fraction of sp³-hybridized carbons (Fsp3) is 0.400. The Morgan fingerprint density at radius 3 is 3.00 bits per heavy atom. The van der Waals surface area contributed by atoms with E-state index in [2.05, 4.69) is 35.6 Å². The maximum atomic E-state index is 3.13. The van der Waals surface area contributed by atoms with E-state index in [0.717, 1.165) is 19.3 Å². The summed E-state index contributed by atoms with van der Waals surface area (Å²) in [6, 6.07) is 2.16. The van der Waals surface area contributed by atoms with Crippen molar-refractivity contribution in [2.75, 3.05) is 0 Å². The van der Waals surface area contributed by atoms with Gasteiger partial charge in [-0.25, -0.2) is 0 Å². The van der Waals surface area contributed by atoms with Crippen LogP contribution in [0.15, 0.2) is 16.8 Å². The van der Waals surface area contributed by atoms with E-state index >= 15 is 0 Å². The van der Waals surface area contributed by atoms with Gasteiger partial charge in [-0.15, -0.1) is 11.8 Å². The molecule has 1 aromatic heterocycles. The summed E-state index contributed by atoms with van der Waals surface area (Å²) in [4.78, 5) is 0. The van der Waals surface area contributed by atoms with Crippen LogP contribution in [0.1, 0.15) is 25.3 Å². The molecular formula is C10H12S. The van der Waals surface area contributed by atoms with Crippen LogP contribution in [0.3, 0.4) is 0 Å². The first-order valence-corrected chi connectivity index (χ1v) is 4.84. The maximum absolute atomic E-state index is 3.13. The van der Waals surface area contributed by atoms with E-state index in [4.69, 9.17) is 0 Å². The van der Waals surface area contributed by atoms with Gasteiger partial charge in [-0.2, -0.15) is 11.3 Å². The molecule has 0 atom stereocenters. The van der Waals surface area contributed by atoms with E-state index < -0.39 is 0 Å². The average molecular weight is 164 g/mol. The summed E-state index contributed by atoms with van der Waals surface area (Å²) < 4.78 is 0. The number of rotatable bonds is 2. The Bertz CT molecular complexity index is 236. The summed E-state index contributed by atoms with van der Waals surface area (Å²) in [5.41, 5.74) is 1.42. The summed E-state index contributed by atoms with van der Waals surface area (Å²) in [6.45, 7) is 2.08. The molecule has 0 aliphatic carbocycles. The van der Waals surface area contributed by atoms with Crippen molar-refractivity contribution in [2.45, 2.75) is 26.2 Å². The Kier molecular flexibility index (Phi) is 3.79. The van der Waals surface area contributed by atoms with Crippen LogP contribution in [-0.4, -0.2) is 0 Å². The van der Waals surface area contributed by atoms with Gasteiger partial charge in [0.15, 0.2) is 0 Å². The van der Waals surface area contributed by atoms with Crippen molar-refractivity contribution in [2.24, 2.45) is 0 Å². The van der Waals surface area contributed by atoms with E-state index in [0.29, 0.717) is 0 Å². The lowest BCUT2D eigenvalue weighted by Gasteiger charge is -1.87. The van der Waals surface area contributed by atoms with Crippen LogP contribution in [0, 0.1) is 11.8 Å². The molecule has 1 aromatic rings. The van der Waals surface area contributed by atoms with Crippen molar-refractivity contribution in [1.29, 1.82) is 0 Å². The monoisotopic (exact) mass is 164 g/mol. The van der Waals surface area contributed by atoms with Gasteiger partial charge in [0.2, 0.25) is 0 Å². The zero-order valence-corrected chi connectivity index (χ0v) is 7.58. The summed E-state index contributed by atoms with van der Waals surface area (Å²) in [6.07, 6.45) is 3.09. The molecule has 11 heavy (non-hydrogen) atoms. The Balaban J connectivity index is 2.24. The first kappa shape index (κ1) is 8.36. The second-order valence-electron chi connectivity index (χ2n) is 2.34. The molecule has 0 nitrogen and oxygen atoms in total. The lowest BCUT2D eigenvalue weighted by atomic mass is 10.2. The lowest BCUT2D eigenvalue weighted by Crippen LogP contribution is -1.77. The van der Waals surface area contributed by atoms with E-state index in [1.54, 1.807) is 11.3 Å². The molecule has 1 heterocycles. The molecule has 0 aliphatic heterocycles. The molecule has 0 unspecified atom stereocenters. The molecule has 0 aromatic carbocycles. The van der Waals surface area contributed by atoms with Crippen LogP contribution >= 0.6 is 11.3 Å². The summed E-state index contributed by atoms with van der Waals surface area (Å²) in [5, 5.41) is 4.30. The van der Waals surface area contributed by atoms with Gasteiger partial charge >= 0.3 is 0 Å². The number of aryl methyl sites for hydroxylation is 1. The van der Waals surface area contributed by atoms with Crippen molar-refractivity contribution in [3.05, 3.63) is 22.4 Å². The van der Waals surface area contributed by atoms with Crippen molar-refractivity contribution < 1.29 is 0 Å². The SMILES string of the molecule is CCC#CCCc1ccsc1. The Morgan fingerprint density at radius 2 is 2.36 bits per heavy atom. The van der Waals surface area contributed by atoms with Crippen molar-refractivity contribution in [3.63, 3.8) is 0 Å². The Labute approximate surface area is 72.3 Å². The quantitative estimate of drug-likeness (QED) is 0.589. The van der Waals surface area contributed by atoms with Gasteiger partial charge in [-0.05, 0) is 28.8 Å². The Morgan fingerprint density at radius 1 is 1.45 bits per heavy atom. The maximum Gasteiger partial charge on any atom is 0.0129 e. The molecule has 0 spiro atoms. The molecule has 0 bridgehead atoms. The topological polar surface area (TPSA) is 0 Å². The first-order chi connectivity index (χ1) is 5.43. The van der Waals surface area contributed by atoms with Gasteiger partial charge in [0.05, 0.1) is 0 Å². The third kappa shape index (κ3) is 3.25. The minimum atomic E-state index is 0.976. The third-order valence-corrected chi connectivity index (χ3v) is 2.15. The first-order valence-electron chi connectivity index (χ1n) is 3.90.